The number of ether oxygens (including phenoxy) is 1. The molecule has 0 spiro atoms. The van der Waals surface area contributed by atoms with Gasteiger partial charge >= 0.3 is 0 Å². The lowest BCUT2D eigenvalue weighted by molar-refractivity contribution is 0.311. The predicted molar refractivity (Wildman–Crippen MR) is 91.9 cm³/mol. The molecular weight excluding hydrogens is 312 g/mol. The highest BCUT2D eigenvalue weighted by Crippen LogP contribution is 2.33. The molecule has 0 saturated carbocycles. The van der Waals surface area contributed by atoms with Gasteiger partial charge in [0.2, 0.25) is 0 Å². The molecule has 0 unspecified atom stereocenters. The summed E-state index contributed by atoms with van der Waals surface area (Å²) in [6, 6.07) is 10.6. The standard InChI is InChI=1S/C17H20N2O3S/c1-12-4-5-13(2)15(10-12)18-23(20,21)14-6-7-17-16(11-14)19(3)8-9-22-17/h4-7,10-11,18H,8-9H2,1-3H3. The highest BCUT2D eigenvalue weighted by molar-refractivity contribution is 7.92. The first kappa shape index (κ1) is 15.7. The quantitative estimate of drug-likeness (QED) is 0.939. The van der Waals surface area contributed by atoms with E-state index in [9.17, 15) is 8.42 Å². The first-order valence-electron chi connectivity index (χ1n) is 7.45. The third-order valence-electron chi connectivity index (χ3n) is 3.97. The lowest BCUT2D eigenvalue weighted by Crippen LogP contribution is -2.29. The normalized spacial score (nSPS) is 14.1. The van der Waals surface area contributed by atoms with E-state index in [0.717, 1.165) is 23.4 Å². The Morgan fingerprint density at radius 3 is 2.70 bits per heavy atom. The van der Waals surface area contributed by atoms with Crippen molar-refractivity contribution in [1.29, 1.82) is 0 Å². The van der Waals surface area contributed by atoms with E-state index >= 15 is 0 Å². The molecule has 0 radical (unpaired) electrons. The van der Waals surface area contributed by atoms with Gasteiger partial charge in [-0.1, -0.05) is 12.1 Å². The van der Waals surface area contributed by atoms with E-state index in [1.165, 1.54) is 0 Å². The molecule has 5 nitrogen and oxygen atoms in total. The average Bonchev–Trinajstić information content (AvgIpc) is 2.51. The van der Waals surface area contributed by atoms with E-state index in [-0.39, 0.29) is 4.90 Å². The van der Waals surface area contributed by atoms with Crippen molar-refractivity contribution in [2.24, 2.45) is 0 Å². The summed E-state index contributed by atoms with van der Waals surface area (Å²) in [4.78, 5) is 2.23. The minimum absolute atomic E-state index is 0.231. The van der Waals surface area contributed by atoms with Crippen LogP contribution in [0.2, 0.25) is 0 Å². The third-order valence-corrected chi connectivity index (χ3v) is 5.34. The summed E-state index contributed by atoms with van der Waals surface area (Å²) in [5, 5.41) is 0. The fraction of sp³-hybridized carbons (Fsp3) is 0.294. The Hall–Kier alpha value is -2.21. The molecule has 6 heteroatoms. The van der Waals surface area contributed by atoms with Crippen LogP contribution in [0.3, 0.4) is 0 Å². The topological polar surface area (TPSA) is 58.6 Å². The summed E-state index contributed by atoms with van der Waals surface area (Å²) >= 11 is 0. The number of aryl methyl sites for hydroxylation is 2. The highest BCUT2D eigenvalue weighted by atomic mass is 32.2. The van der Waals surface area contributed by atoms with Gasteiger partial charge in [0.25, 0.3) is 10.0 Å². The van der Waals surface area contributed by atoms with Crippen molar-refractivity contribution in [2.45, 2.75) is 18.7 Å². The van der Waals surface area contributed by atoms with Crippen molar-refractivity contribution in [3.63, 3.8) is 0 Å². The number of hydrogen-bond donors (Lipinski definition) is 1. The maximum atomic E-state index is 12.7. The molecule has 1 aliphatic rings. The molecule has 122 valence electrons. The Labute approximate surface area is 136 Å². The second-order valence-corrected chi connectivity index (χ2v) is 7.51. The van der Waals surface area contributed by atoms with Gasteiger partial charge in [0.05, 0.1) is 22.8 Å². The van der Waals surface area contributed by atoms with Crippen molar-refractivity contribution in [3.8, 4) is 5.75 Å². The fourth-order valence-corrected chi connectivity index (χ4v) is 3.69. The van der Waals surface area contributed by atoms with Crippen LogP contribution in [-0.2, 0) is 10.0 Å². The largest absolute Gasteiger partial charge is 0.490 e. The van der Waals surface area contributed by atoms with Gasteiger partial charge in [0, 0.05) is 7.05 Å². The molecule has 1 aliphatic heterocycles. The van der Waals surface area contributed by atoms with Crippen LogP contribution in [0, 0.1) is 13.8 Å². The van der Waals surface area contributed by atoms with E-state index in [4.69, 9.17) is 4.74 Å². The molecule has 0 bridgehead atoms. The van der Waals surface area contributed by atoms with Crippen LogP contribution >= 0.6 is 0 Å². The van der Waals surface area contributed by atoms with Gasteiger partial charge in [-0.2, -0.15) is 0 Å². The van der Waals surface area contributed by atoms with Crippen molar-refractivity contribution < 1.29 is 13.2 Å². The van der Waals surface area contributed by atoms with Crippen LogP contribution in [-0.4, -0.2) is 28.6 Å². The number of fused-ring (bicyclic) bond motifs is 1. The van der Waals surface area contributed by atoms with Gasteiger partial charge in [-0.05, 0) is 49.2 Å². The second-order valence-electron chi connectivity index (χ2n) is 5.82. The Morgan fingerprint density at radius 1 is 1.13 bits per heavy atom. The summed E-state index contributed by atoms with van der Waals surface area (Å²) in [7, 11) is -1.72. The molecular formula is C17H20N2O3S. The molecule has 23 heavy (non-hydrogen) atoms. The molecule has 0 amide bonds. The maximum absolute atomic E-state index is 12.7. The molecule has 0 fully saturated rings. The molecule has 2 aromatic rings. The molecule has 0 saturated heterocycles. The van der Waals surface area contributed by atoms with Crippen LogP contribution in [0.25, 0.3) is 0 Å². The Morgan fingerprint density at radius 2 is 1.91 bits per heavy atom. The third kappa shape index (κ3) is 3.12. The monoisotopic (exact) mass is 332 g/mol. The number of nitrogens with one attached hydrogen (secondary N) is 1. The van der Waals surface area contributed by atoms with Crippen molar-refractivity contribution in [2.75, 3.05) is 29.8 Å². The van der Waals surface area contributed by atoms with E-state index < -0.39 is 10.0 Å². The van der Waals surface area contributed by atoms with Crippen LogP contribution < -0.4 is 14.4 Å². The molecule has 0 atom stereocenters. The first-order chi connectivity index (χ1) is 10.9. The molecule has 2 aromatic carbocycles. The zero-order valence-electron chi connectivity index (χ0n) is 13.5. The Kier molecular flexibility index (Phi) is 3.93. The molecule has 3 rings (SSSR count). The van der Waals surface area contributed by atoms with E-state index in [2.05, 4.69) is 4.72 Å². The number of likely N-dealkylation sites (N-methyl/N-ethyl adjacent to an activating group) is 1. The van der Waals surface area contributed by atoms with E-state index in [1.54, 1.807) is 18.2 Å². The van der Waals surface area contributed by atoms with Gasteiger partial charge in [-0.15, -0.1) is 0 Å². The second kappa shape index (κ2) is 5.77. The van der Waals surface area contributed by atoms with E-state index in [1.807, 2.05) is 44.0 Å². The van der Waals surface area contributed by atoms with Crippen molar-refractivity contribution in [3.05, 3.63) is 47.5 Å². The van der Waals surface area contributed by atoms with Crippen LogP contribution in [0.15, 0.2) is 41.3 Å². The van der Waals surface area contributed by atoms with Crippen LogP contribution in [0.5, 0.6) is 5.75 Å². The summed E-state index contributed by atoms with van der Waals surface area (Å²) in [6.07, 6.45) is 0. The van der Waals surface area contributed by atoms with Gasteiger partial charge in [0.1, 0.15) is 12.4 Å². The zero-order chi connectivity index (χ0) is 16.6. The first-order valence-corrected chi connectivity index (χ1v) is 8.93. The Balaban J connectivity index is 1.97. The molecule has 1 N–H and O–H groups in total. The fourth-order valence-electron chi connectivity index (χ4n) is 2.55. The number of sulfonamides is 1. The summed E-state index contributed by atoms with van der Waals surface area (Å²) in [5.41, 5.74) is 3.29. The smallest absolute Gasteiger partial charge is 0.261 e. The van der Waals surface area contributed by atoms with Crippen molar-refractivity contribution >= 4 is 21.4 Å². The van der Waals surface area contributed by atoms with Crippen LogP contribution in [0.1, 0.15) is 11.1 Å². The summed E-state index contributed by atoms with van der Waals surface area (Å²) in [5.74, 6) is 0.712. The van der Waals surface area contributed by atoms with Gasteiger partial charge < -0.3 is 9.64 Å². The predicted octanol–water partition coefficient (Wildman–Crippen LogP) is 2.93. The zero-order valence-corrected chi connectivity index (χ0v) is 14.3. The molecule has 0 aliphatic carbocycles. The number of rotatable bonds is 3. The van der Waals surface area contributed by atoms with Crippen LogP contribution in [0.4, 0.5) is 11.4 Å². The summed E-state index contributed by atoms with van der Waals surface area (Å²) < 4.78 is 33.6. The lowest BCUT2D eigenvalue weighted by atomic mass is 10.1. The minimum atomic E-state index is -3.64. The lowest BCUT2D eigenvalue weighted by Gasteiger charge is -2.28. The van der Waals surface area contributed by atoms with Gasteiger partial charge in [-0.25, -0.2) is 8.42 Å². The maximum Gasteiger partial charge on any atom is 0.261 e. The minimum Gasteiger partial charge on any atom is -0.490 e. The summed E-state index contributed by atoms with van der Waals surface area (Å²) in [6.45, 7) is 5.16. The number of nitrogens with zero attached hydrogens (tertiary/aromatic N) is 1. The number of benzene rings is 2. The molecule has 1 heterocycles. The SMILES string of the molecule is Cc1ccc(C)c(NS(=O)(=O)c2ccc3c(c2)N(C)CCO3)c1. The highest BCUT2D eigenvalue weighted by Gasteiger charge is 2.21. The number of hydrogen-bond acceptors (Lipinski definition) is 4. The van der Waals surface area contributed by atoms with Crippen molar-refractivity contribution in [1.82, 2.24) is 0 Å². The van der Waals surface area contributed by atoms with Gasteiger partial charge in [0.15, 0.2) is 0 Å². The Bertz CT molecular complexity index is 847. The van der Waals surface area contributed by atoms with E-state index in [0.29, 0.717) is 18.0 Å². The van der Waals surface area contributed by atoms with Gasteiger partial charge in [-0.3, -0.25) is 4.72 Å². The average molecular weight is 332 g/mol. The number of anilines is 2. The molecule has 0 aromatic heterocycles.